The van der Waals surface area contributed by atoms with Gasteiger partial charge < -0.3 is 4.74 Å². The number of rotatable bonds is 2. The Bertz CT molecular complexity index is 921. The molecule has 9 heteroatoms. The Hall–Kier alpha value is -2.16. The van der Waals surface area contributed by atoms with Crippen molar-refractivity contribution in [3.05, 3.63) is 40.3 Å². The Labute approximate surface area is 136 Å². The van der Waals surface area contributed by atoms with Gasteiger partial charge in [0.1, 0.15) is 15.9 Å². The first-order chi connectivity index (χ1) is 10.8. The highest BCUT2D eigenvalue weighted by molar-refractivity contribution is 9.10. The first kappa shape index (κ1) is 15.7. The van der Waals surface area contributed by atoms with Gasteiger partial charge in [0, 0.05) is 11.6 Å². The van der Waals surface area contributed by atoms with Gasteiger partial charge in [-0.15, -0.1) is 0 Å². The van der Waals surface area contributed by atoms with Gasteiger partial charge in [-0.05, 0) is 41.1 Å². The normalized spacial score (nSPS) is 12.0. The fourth-order valence-electron chi connectivity index (χ4n) is 2.24. The minimum atomic E-state index is -4.53. The summed E-state index contributed by atoms with van der Waals surface area (Å²) in [4.78, 5) is 19.9. The predicted molar refractivity (Wildman–Crippen MR) is 79.2 cm³/mol. The van der Waals surface area contributed by atoms with E-state index < -0.39 is 17.7 Å². The third kappa shape index (κ3) is 2.76. The average molecular weight is 388 g/mol. The number of carbonyl (C=O) groups excluding carboxylic acids is 1. The van der Waals surface area contributed by atoms with Gasteiger partial charge in [0.2, 0.25) is 0 Å². The molecule has 3 aromatic heterocycles. The van der Waals surface area contributed by atoms with Crippen molar-refractivity contribution in [1.82, 2.24) is 14.4 Å². The number of hydrogen-bond donors (Lipinski definition) is 0. The van der Waals surface area contributed by atoms with Gasteiger partial charge in [-0.1, -0.05) is 0 Å². The second-order valence-electron chi connectivity index (χ2n) is 4.64. The second-order valence-corrected chi connectivity index (χ2v) is 5.45. The first-order valence-corrected chi connectivity index (χ1v) is 7.33. The molecule has 0 aromatic carbocycles. The summed E-state index contributed by atoms with van der Waals surface area (Å²) in [5, 5.41) is -0.0824. The topological polar surface area (TPSA) is 56.5 Å². The lowest BCUT2D eigenvalue weighted by molar-refractivity contribution is -0.136. The molecule has 0 fully saturated rings. The molecule has 0 unspecified atom stereocenters. The van der Waals surface area contributed by atoms with Crippen molar-refractivity contribution in [3.63, 3.8) is 0 Å². The number of hydrogen-bond acceptors (Lipinski definition) is 4. The monoisotopic (exact) mass is 387 g/mol. The summed E-state index contributed by atoms with van der Waals surface area (Å²) >= 11 is 2.99. The SMILES string of the molecule is CCOC(=O)c1cn2c(ccc3c(C(F)(F)F)cc(Br)nc32)n1. The van der Waals surface area contributed by atoms with E-state index in [1.54, 1.807) is 6.92 Å². The van der Waals surface area contributed by atoms with Crippen LogP contribution in [0.4, 0.5) is 13.2 Å². The quantitative estimate of drug-likeness (QED) is 0.495. The van der Waals surface area contributed by atoms with Crippen LogP contribution in [0.5, 0.6) is 0 Å². The summed E-state index contributed by atoms with van der Waals surface area (Å²) < 4.78 is 45.8. The molecule has 0 aliphatic carbocycles. The van der Waals surface area contributed by atoms with Crippen molar-refractivity contribution in [2.45, 2.75) is 13.1 Å². The van der Waals surface area contributed by atoms with Crippen LogP contribution in [0.2, 0.25) is 0 Å². The van der Waals surface area contributed by atoms with Gasteiger partial charge in [0.25, 0.3) is 0 Å². The molecule has 0 aliphatic heterocycles. The van der Waals surface area contributed by atoms with Crippen molar-refractivity contribution in [3.8, 4) is 0 Å². The standard InChI is InChI=1S/C14H9BrF3N3O2/c1-2-23-13(22)9-6-21-11(19-9)4-3-7-8(14(16,17)18)5-10(15)20-12(7)21/h3-6H,2H2,1H3. The van der Waals surface area contributed by atoms with Crippen molar-refractivity contribution in [2.75, 3.05) is 6.61 Å². The maximum Gasteiger partial charge on any atom is 0.417 e. The van der Waals surface area contributed by atoms with Crippen molar-refractivity contribution in [1.29, 1.82) is 0 Å². The van der Waals surface area contributed by atoms with E-state index >= 15 is 0 Å². The van der Waals surface area contributed by atoms with Crippen molar-refractivity contribution < 1.29 is 22.7 Å². The molecule has 0 saturated heterocycles. The predicted octanol–water partition coefficient (Wildman–Crippen LogP) is 3.84. The molecule has 0 N–H and O–H groups in total. The number of esters is 1. The molecule has 0 amide bonds. The molecule has 3 aromatic rings. The van der Waals surface area contributed by atoms with Gasteiger partial charge >= 0.3 is 12.1 Å². The van der Waals surface area contributed by atoms with E-state index in [1.807, 2.05) is 0 Å². The van der Waals surface area contributed by atoms with E-state index in [0.717, 1.165) is 6.07 Å². The van der Waals surface area contributed by atoms with E-state index in [2.05, 4.69) is 25.9 Å². The molecule has 0 aliphatic rings. The van der Waals surface area contributed by atoms with E-state index in [4.69, 9.17) is 4.74 Å². The first-order valence-electron chi connectivity index (χ1n) is 6.54. The number of pyridine rings is 2. The fraction of sp³-hybridized carbons (Fsp3) is 0.214. The fourth-order valence-corrected chi connectivity index (χ4v) is 2.63. The van der Waals surface area contributed by atoms with Crippen LogP contribution in [0.3, 0.4) is 0 Å². The summed E-state index contributed by atoms with van der Waals surface area (Å²) in [6, 6.07) is 3.60. The Morgan fingerprint density at radius 3 is 2.74 bits per heavy atom. The lowest BCUT2D eigenvalue weighted by atomic mass is 10.1. The number of halogens is 4. The molecule has 3 rings (SSSR count). The highest BCUT2D eigenvalue weighted by Gasteiger charge is 2.34. The van der Waals surface area contributed by atoms with Crippen LogP contribution in [0.15, 0.2) is 29.0 Å². The van der Waals surface area contributed by atoms with Crippen molar-refractivity contribution >= 4 is 38.6 Å². The zero-order chi connectivity index (χ0) is 16.8. The molecule has 0 spiro atoms. The molecule has 0 bridgehead atoms. The minimum Gasteiger partial charge on any atom is -0.461 e. The van der Waals surface area contributed by atoms with Gasteiger partial charge in [-0.3, -0.25) is 4.40 Å². The Kier molecular flexibility index (Phi) is 3.75. The van der Waals surface area contributed by atoms with E-state index in [-0.39, 0.29) is 27.9 Å². The summed E-state index contributed by atoms with van der Waals surface area (Å²) in [6.45, 7) is 1.83. The lowest BCUT2D eigenvalue weighted by Crippen LogP contribution is -2.08. The average Bonchev–Trinajstić information content (AvgIpc) is 2.90. The van der Waals surface area contributed by atoms with Crippen LogP contribution in [0, 0.1) is 0 Å². The minimum absolute atomic E-state index is 0.00897. The Morgan fingerprint density at radius 1 is 1.35 bits per heavy atom. The number of ether oxygens (including phenoxy) is 1. The number of carbonyl (C=O) groups is 1. The third-order valence-electron chi connectivity index (χ3n) is 3.16. The van der Waals surface area contributed by atoms with Crippen LogP contribution in [-0.4, -0.2) is 26.9 Å². The number of nitrogens with zero attached hydrogens (tertiary/aromatic N) is 3. The largest absolute Gasteiger partial charge is 0.461 e. The highest BCUT2D eigenvalue weighted by Crippen LogP contribution is 2.36. The molecular weight excluding hydrogens is 379 g/mol. The Morgan fingerprint density at radius 2 is 2.09 bits per heavy atom. The zero-order valence-corrected chi connectivity index (χ0v) is 13.3. The molecule has 0 atom stereocenters. The van der Waals surface area contributed by atoms with E-state index in [9.17, 15) is 18.0 Å². The molecule has 120 valence electrons. The Balaban J connectivity index is 2.31. The van der Waals surface area contributed by atoms with Crippen LogP contribution in [0.25, 0.3) is 16.7 Å². The zero-order valence-electron chi connectivity index (χ0n) is 11.7. The molecular formula is C14H9BrF3N3O2. The maximum atomic E-state index is 13.2. The summed E-state index contributed by atoms with van der Waals surface area (Å²) in [7, 11) is 0. The molecule has 0 saturated carbocycles. The second kappa shape index (κ2) is 5.48. The number of alkyl halides is 3. The lowest BCUT2D eigenvalue weighted by Gasteiger charge is -2.11. The smallest absolute Gasteiger partial charge is 0.417 e. The maximum absolute atomic E-state index is 13.2. The van der Waals surface area contributed by atoms with Gasteiger partial charge in [-0.25, -0.2) is 14.8 Å². The number of aromatic nitrogens is 3. The summed E-state index contributed by atoms with van der Waals surface area (Å²) in [6.07, 6.45) is -3.21. The summed E-state index contributed by atoms with van der Waals surface area (Å²) in [5.74, 6) is -0.643. The summed E-state index contributed by atoms with van der Waals surface area (Å²) in [5.41, 5.74) is -0.455. The number of fused-ring (bicyclic) bond motifs is 3. The third-order valence-corrected chi connectivity index (χ3v) is 3.56. The van der Waals surface area contributed by atoms with Crippen LogP contribution < -0.4 is 0 Å². The van der Waals surface area contributed by atoms with Crippen LogP contribution in [0.1, 0.15) is 23.0 Å². The van der Waals surface area contributed by atoms with Crippen molar-refractivity contribution in [2.24, 2.45) is 0 Å². The van der Waals surface area contributed by atoms with Gasteiger partial charge in [0.15, 0.2) is 5.69 Å². The van der Waals surface area contributed by atoms with E-state index in [1.165, 1.54) is 22.7 Å². The molecule has 23 heavy (non-hydrogen) atoms. The van der Waals surface area contributed by atoms with Gasteiger partial charge in [0.05, 0.1) is 12.2 Å². The van der Waals surface area contributed by atoms with Crippen LogP contribution >= 0.6 is 15.9 Å². The van der Waals surface area contributed by atoms with Crippen LogP contribution in [-0.2, 0) is 10.9 Å². The highest BCUT2D eigenvalue weighted by atomic mass is 79.9. The van der Waals surface area contributed by atoms with Gasteiger partial charge in [-0.2, -0.15) is 13.2 Å². The van der Waals surface area contributed by atoms with E-state index in [0.29, 0.717) is 5.65 Å². The molecule has 5 nitrogen and oxygen atoms in total. The molecule has 0 radical (unpaired) electrons. The molecule has 3 heterocycles. The number of imidazole rings is 1.